The predicted octanol–water partition coefficient (Wildman–Crippen LogP) is 4.55. The van der Waals surface area contributed by atoms with Crippen LogP contribution in [0.2, 0.25) is 5.02 Å². The highest BCUT2D eigenvalue weighted by molar-refractivity contribution is 9.10. The Hall–Kier alpha value is -2.32. The van der Waals surface area contributed by atoms with Gasteiger partial charge in [-0.2, -0.15) is 0 Å². The molecule has 0 aliphatic heterocycles. The summed E-state index contributed by atoms with van der Waals surface area (Å²) in [6.07, 6.45) is 3.14. The molecule has 0 aliphatic carbocycles. The summed E-state index contributed by atoms with van der Waals surface area (Å²) in [6, 6.07) is 7.95. The van der Waals surface area contributed by atoms with Crippen LogP contribution in [0.5, 0.6) is 11.5 Å². The van der Waals surface area contributed by atoms with Crippen molar-refractivity contribution >= 4 is 27.5 Å². The minimum Gasteiger partial charge on any atom is -0.490 e. The van der Waals surface area contributed by atoms with E-state index in [-0.39, 0.29) is 12.4 Å². The number of halogens is 3. The van der Waals surface area contributed by atoms with Crippen molar-refractivity contribution in [3.63, 3.8) is 0 Å². The lowest BCUT2D eigenvalue weighted by atomic mass is 10.2. The summed E-state index contributed by atoms with van der Waals surface area (Å²) in [5.74, 6) is 0.795. The molecule has 0 radical (unpaired) electrons. The number of hydrogen-bond acceptors (Lipinski definition) is 5. The molecule has 0 amide bonds. The van der Waals surface area contributed by atoms with E-state index >= 15 is 0 Å². The van der Waals surface area contributed by atoms with Crippen molar-refractivity contribution in [2.24, 2.45) is 0 Å². The van der Waals surface area contributed by atoms with Crippen LogP contribution in [0.1, 0.15) is 18.1 Å². The molecule has 0 atom stereocenters. The third kappa shape index (κ3) is 5.11. The number of nitrogens with one attached hydrogen (secondary N) is 1. The van der Waals surface area contributed by atoms with Gasteiger partial charge in [0.2, 0.25) is 0 Å². The molecule has 6 nitrogen and oxygen atoms in total. The molecule has 27 heavy (non-hydrogen) atoms. The van der Waals surface area contributed by atoms with E-state index in [1.165, 1.54) is 12.1 Å². The van der Waals surface area contributed by atoms with Gasteiger partial charge < -0.3 is 14.9 Å². The standard InChI is InChI=1S/C18H17BrClFN4O2/c1-2-26-17-5-13(8-24-25-10-22-23-11-25)15(19)7-18(17)27-9-12-3-4-14(21)6-16(12)20/h3-7,10-11,24H,2,8-9H2,1H3. The van der Waals surface area contributed by atoms with Gasteiger partial charge in [0.15, 0.2) is 11.5 Å². The fourth-order valence-electron chi connectivity index (χ4n) is 2.35. The maximum Gasteiger partial charge on any atom is 0.162 e. The largest absolute Gasteiger partial charge is 0.490 e. The zero-order valence-corrected chi connectivity index (χ0v) is 16.8. The fourth-order valence-corrected chi connectivity index (χ4v) is 3.03. The summed E-state index contributed by atoms with van der Waals surface area (Å²) in [5, 5.41) is 7.81. The summed E-state index contributed by atoms with van der Waals surface area (Å²) >= 11 is 9.62. The van der Waals surface area contributed by atoms with Crippen LogP contribution in [0.4, 0.5) is 4.39 Å². The van der Waals surface area contributed by atoms with Crippen molar-refractivity contribution in [1.29, 1.82) is 0 Å². The van der Waals surface area contributed by atoms with Gasteiger partial charge in [0.25, 0.3) is 0 Å². The third-order valence-electron chi connectivity index (χ3n) is 3.68. The summed E-state index contributed by atoms with van der Waals surface area (Å²) in [5.41, 5.74) is 4.81. The van der Waals surface area contributed by atoms with Gasteiger partial charge in [-0.1, -0.05) is 33.6 Å². The molecule has 3 aromatic rings. The molecule has 9 heteroatoms. The van der Waals surface area contributed by atoms with E-state index in [0.29, 0.717) is 35.2 Å². The molecule has 0 spiro atoms. The first kappa shape index (κ1) is 19.4. The van der Waals surface area contributed by atoms with Crippen LogP contribution in [0.3, 0.4) is 0 Å². The SMILES string of the molecule is CCOc1cc(CNn2cnnc2)c(Br)cc1OCc1ccc(F)cc1Cl. The van der Waals surface area contributed by atoms with Crippen molar-refractivity contribution in [3.05, 3.63) is 69.4 Å². The monoisotopic (exact) mass is 454 g/mol. The summed E-state index contributed by atoms with van der Waals surface area (Å²) in [4.78, 5) is 0. The molecule has 1 aromatic heterocycles. The van der Waals surface area contributed by atoms with Crippen LogP contribution in [0.15, 0.2) is 47.5 Å². The molecular formula is C18H17BrClFN4O2. The number of hydrogen-bond donors (Lipinski definition) is 1. The third-order valence-corrected chi connectivity index (χ3v) is 4.77. The highest BCUT2D eigenvalue weighted by atomic mass is 79.9. The van der Waals surface area contributed by atoms with Gasteiger partial charge >= 0.3 is 0 Å². The van der Waals surface area contributed by atoms with Gasteiger partial charge in [-0.25, -0.2) is 9.07 Å². The van der Waals surface area contributed by atoms with Crippen LogP contribution in [-0.2, 0) is 13.2 Å². The van der Waals surface area contributed by atoms with E-state index in [1.807, 2.05) is 19.1 Å². The molecule has 1 heterocycles. The van der Waals surface area contributed by atoms with E-state index in [2.05, 4.69) is 31.6 Å². The topological polar surface area (TPSA) is 61.2 Å². The second-order valence-electron chi connectivity index (χ2n) is 5.55. The molecule has 1 N–H and O–H groups in total. The molecule has 3 rings (SSSR count). The second-order valence-corrected chi connectivity index (χ2v) is 6.81. The van der Waals surface area contributed by atoms with E-state index in [9.17, 15) is 4.39 Å². The molecule has 2 aromatic carbocycles. The Morgan fingerprint density at radius 1 is 1.11 bits per heavy atom. The second kappa shape index (κ2) is 9.05. The van der Waals surface area contributed by atoms with Crippen molar-refractivity contribution in [2.75, 3.05) is 12.0 Å². The summed E-state index contributed by atoms with van der Waals surface area (Å²) < 4.78 is 27.3. The van der Waals surface area contributed by atoms with E-state index in [4.69, 9.17) is 21.1 Å². The fraction of sp³-hybridized carbons (Fsp3) is 0.222. The highest BCUT2D eigenvalue weighted by Crippen LogP contribution is 2.35. The summed E-state index contributed by atoms with van der Waals surface area (Å²) in [6.45, 7) is 3.12. The first-order valence-electron chi connectivity index (χ1n) is 8.17. The minimum atomic E-state index is -0.383. The molecular weight excluding hydrogens is 439 g/mol. The lowest BCUT2D eigenvalue weighted by Crippen LogP contribution is -2.13. The highest BCUT2D eigenvalue weighted by Gasteiger charge is 2.12. The Morgan fingerprint density at radius 2 is 1.85 bits per heavy atom. The molecule has 0 bridgehead atoms. The number of aromatic nitrogens is 3. The van der Waals surface area contributed by atoms with Gasteiger partial charge in [0, 0.05) is 10.0 Å². The van der Waals surface area contributed by atoms with Gasteiger partial charge in [-0.3, -0.25) is 0 Å². The molecule has 142 valence electrons. The Balaban J connectivity index is 1.76. The van der Waals surface area contributed by atoms with Crippen LogP contribution >= 0.6 is 27.5 Å². The predicted molar refractivity (Wildman–Crippen MR) is 104 cm³/mol. The van der Waals surface area contributed by atoms with Gasteiger partial charge in [-0.15, -0.1) is 10.2 Å². The lowest BCUT2D eigenvalue weighted by Gasteiger charge is -2.16. The zero-order valence-electron chi connectivity index (χ0n) is 14.5. The molecule has 0 fully saturated rings. The maximum atomic E-state index is 13.2. The van der Waals surface area contributed by atoms with E-state index < -0.39 is 0 Å². The quantitative estimate of drug-likeness (QED) is 0.540. The van der Waals surface area contributed by atoms with Crippen LogP contribution in [0, 0.1) is 5.82 Å². The Bertz CT molecular complexity index is 909. The van der Waals surface area contributed by atoms with Crippen LogP contribution in [0.25, 0.3) is 0 Å². The van der Waals surface area contributed by atoms with E-state index in [1.54, 1.807) is 23.4 Å². The first-order chi connectivity index (χ1) is 13.1. The Labute approximate surface area is 169 Å². The van der Waals surface area contributed by atoms with Gasteiger partial charge in [0.1, 0.15) is 25.1 Å². The number of benzene rings is 2. The Kier molecular flexibility index (Phi) is 6.52. The number of rotatable bonds is 8. The van der Waals surface area contributed by atoms with Crippen LogP contribution < -0.4 is 14.9 Å². The Morgan fingerprint density at radius 3 is 2.56 bits per heavy atom. The first-order valence-corrected chi connectivity index (χ1v) is 9.34. The normalized spacial score (nSPS) is 10.7. The number of ether oxygens (including phenoxy) is 2. The lowest BCUT2D eigenvalue weighted by molar-refractivity contribution is 0.269. The molecule has 0 aliphatic rings. The zero-order chi connectivity index (χ0) is 19.2. The average molecular weight is 456 g/mol. The molecule has 0 saturated heterocycles. The van der Waals surface area contributed by atoms with Crippen molar-refractivity contribution in [3.8, 4) is 11.5 Å². The molecule has 0 saturated carbocycles. The minimum absolute atomic E-state index is 0.198. The van der Waals surface area contributed by atoms with E-state index in [0.717, 1.165) is 10.0 Å². The smallest absolute Gasteiger partial charge is 0.162 e. The van der Waals surface area contributed by atoms with Crippen molar-refractivity contribution < 1.29 is 13.9 Å². The molecule has 0 unspecified atom stereocenters. The summed E-state index contributed by atoms with van der Waals surface area (Å²) in [7, 11) is 0. The van der Waals surface area contributed by atoms with Gasteiger partial charge in [-0.05, 0) is 36.8 Å². The maximum absolute atomic E-state index is 13.2. The van der Waals surface area contributed by atoms with Crippen molar-refractivity contribution in [2.45, 2.75) is 20.1 Å². The van der Waals surface area contributed by atoms with Crippen LogP contribution in [-0.4, -0.2) is 21.5 Å². The number of nitrogens with zero attached hydrogens (tertiary/aromatic N) is 3. The average Bonchev–Trinajstić information content (AvgIpc) is 3.15. The van der Waals surface area contributed by atoms with Gasteiger partial charge in [0.05, 0.1) is 18.2 Å². The van der Waals surface area contributed by atoms with Crippen molar-refractivity contribution in [1.82, 2.24) is 14.9 Å².